The molecule has 0 aromatic heterocycles. The third-order valence-corrected chi connectivity index (χ3v) is 3.72. The lowest BCUT2D eigenvalue weighted by Gasteiger charge is -2.03. The molecule has 12 heavy (non-hydrogen) atoms. The summed E-state index contributed by atoms with van der Waals surface area (Å²) in [4.78, 5) is 0. The molecule has 66 valence electrons. The highest BCUT2D eigenvalue weighted by atomic mass is 127. The molecule has 0 atom stereocenters. The predicted octanol–water partition coefficient (Wildman–Crippen LogP) is 4.13. The molecule has 0 unspecified atom stereocenters. The zero-order valence-corrected chi connectivity index (χ0v) is 9.37. The SMILES string of the molecule is Fc1cc(C(F)F)cc(Br)c1I. The highest BCUT2D eigenvalue weighted by Crippen LogP contribution is 2.28. The van der Waals surface area contributed by atoms with Gasteiger partial charge in [-0.15, -0.1) is 0 Å². The van der Waals surface area contributed by atoms with Gasteiger partial charge < -0.3 is 0 Å². The number of halogens is 5. The van der Waals surface area contributed by atoms with Gasteiger partial charge in [-0.2, -0.15) is 0 Å². The fourth-order valence-corrected chi connectivity index (χ4v) is 1.47. The van der Waals surface area contributed by atoms with Gasteiger partial charge in [-0.25, -0.2) is 13.2 Å². The Morgan fingerprint density at radius 1 is 1.33 bits per heavy atom. The summed E-state index contributed by atoms with van der Waals surface area (Å²) in [6.45, 7) is 0. The largest absolute Gasteiger partial charge is 0.263 e. The molecule has 1 rings (SSSR count). The van der Waals surface area contributed by atoms with Crippen LogP contribution in [-0.4, -0.2) is 0 Å². The van der Waals surface area contributed by atoms with E-state index in [0.29, 0.717) is 8.04 Å². The Hall–Kier alpha value is 0.220. The zero-order valence-electron chi connectivity index (χ0n) is 5.62. The Labute approximate surface area is 89.4 Å². The van der Waals surface area contributed by atoms with Gasteiger partial charge in [0.2, 0.25) is 0 Å². The summed E-state index contributed by atoms with van der Waals surface area (Å²) < 4.78 is 37.6. The summed E-state index contributed by atoms with van der Waals surface area (Å²) in [5.74, 6) is -0.625. The van der Waals surface area contributed by atoms with Crippen molar-refractivity contribution in [3.63, 3.8) is 0 Å². The van der Waals surface area contributed by atoms with E-state index in [2.05, 4.69) is 15.9 Å². The first-order valence-corrected chi connectivity index (χ1v) is 4.82. The average Bonchev–Trinajstić information content (AvgIpc) is 1.99. The van der Waals surface area contributed by atoms with Crippen LogP contribution in [0.25, 0.3) is 0 Å². The van der Waals surface area contributed by atoms with Gasteiger partial charge >= 0.3 is 0 Å². The molecule has 1 aromatic rings. The summed E-state index contributed by atoms with van der Waals surface area (Å²) in [6, 6.07) is 2.06. The molecular weight excluding hydrogens is 348 g/mol. The lowest BCUT2D eigenvalue weighted by Crippen LogP contribution is -1.90. The van der Waals surface area contributed by atoms with Gasteiger partial charge in [-0.05, 0) is 50.7 Å². The van der Waals surface area contributed by atoms with Gasteiger partial charge in [-0.1, -0.05) is 0 Å². The van der Waals surface area contributed by atoms with E-state index in [0.717, 1.165) is 6.07 Å². The number of alkyl halides is 2. The summed E-state index contributed by atoms with van der Waals surface area (Å²) in [6.07, 6.45) is -2.63. The van der Waals surface area contributed by atoms with E-state index in [-0.39, 0.29) is 5.56 Å². The molecule has 0 nitrogen and oxygen atoms in total. The van der Waals surface area contributed by atoms with E-state index < -0.39 is 12.2 Å². The summed E-state index contributed by atoms with van der Waals surface area (Å²) in [5.41, 5.74) is -0.306. The molecule has 0 amide bonds. The van der Waals surface area contributed by atoms with Crippen LogP contribution in [0.15, 0.2) is 16.6 Å². The molecule has 0 aliphatic heterocycles. The van der Waals surface area contributed by atoms with Crippen LogP contribution in [0.5, 0.6) is 0 Å². The molecule has 0 saturated heterocycles. The Balaban J connectivity index is 3.21. The topological polar surface area (TPSA) is 0 Å². The van der Waals surface area contributed by atoms with Gasteiger partial charge in [0, 0.05) is 10.0 Å². The first kappa shape index (κ1) is 10.3. The molecule has 1 aromatic carbocycles. The number of rotatable bonds is 1. The van der Waals surface area contributed by atoms with E-state index >= 15 is 0 Å². The van der Waals surface area contributed by atoms with Gasteiger partial charge in [-0.3, -0.25) is 0 Å². The van der Waals surface area contributed by atoms with Gasteiger partial charge in [0.1, 0.15) is 5.82 Å². The minimum Gasteiger partial charge on any atom is -0.206 e. The number of hydrogen-bond donors (Lipinski definition) is 0. The fraction of sp³-hybridized carbons (Fsp3) is 0.143. The Morgan fingerprint density at radius 3 is 2.33 bits per heavy atom. The molecule has 0 fully saturated rings. The van der Waals surface area contributed by atoms with E-state index in [1.807, 2.05) is 0 Å². The molecule has 0 radical (unpaired) electrons. The summed E-state index contributed by atoms with van der Waals surface area (Å²) in [5, 5.41) is 0. The van der Waals surface area contributed by atoms with Crippen molar-refractivity contribution < 1.29 is 13.2 Å². The zero-order chi connectivity index (χ0) is 9.30. The van der Waals surface area contributed by atoms with Gasteiger partial charge in [0.05, 0.1) is 3.57 Å². The summed E-state index contributed by atoms with van der Waals surface area (Å²) in [7, 11) is 0. The summed E-state index contributed by atoms with van der Waals surface area (Å²) >= 11 is 4.73. The smallest absolute Gasteiger partial charge is 0.206 e. The highest BCUT2D eigenvalue weighted by Gasteiger charge is 2.12. The van der Waals surface area contributed by atoms with Crippen molar-refractivity contribution in [3.05, 3.63) is 31.6 Å². The van der Waals surface area contributed by atoms with Crippen molar-refractivity contribution in [1.29, 1.82) is 0 Å². The number of hydrogen-bond acceptors (Lipinski definition) is 0. The van der Waals surface area contributed by atoms with Crippen LogP contribution >= 0.6 is 38.5 Å². The molecule has 0 N–H and O–H groups in total. The average molecular weight is 351 g/mol. The molecule has 0 spiro atoms. The third kappa shape index (κ3) is 2.12. The van der Waals surface area contributed by atoms with Gasteiger partial charge in [0.15, 0.2) is 0 Å². The van der Waals surface area contributed by atoms with Crippen LogP contribution in [0, 0.1) is 9.39 Å². The molecule has 0 heterocycles. The van der Waals surface area contributed by atoms with E-state index in [9.17, 15) is 13.2 Å². The van der Waals surface area contributed by atoms with Crippen molar-refractivity contribution in [2.24, 2.45) is 0 Å². The Kier molecular flexibility index (Phi) is 3.39. The van der Waals surface area contributed by atoms with Gasteiger partial charge in [0.25, 0.3) is 6.43 Å². The maximum absolute atomic E-state index is 12.8. The van der Waals surface area contributed by atoms with Crippen molar-refractivity contribution in [3.8, 4) is 0 Å². The monoisotopic (exact) mass is 350 g/mol. The molecule has 5 heteroatoms. The number of benzene rings is 1. The van der Waals surface area contributed by atoms with Crippen molar-refractivity contribution in [2.45, 2.75) is 6.43 Å². The van der Waals surface area contributed by atoms with Crippen molar-refractivity contribution in [1.82, 2.24) is 0 Å². The lowest BCUT2D eigenvalue weighted by atomic mass is 10.2. The van der Waals surface area contributed by atoms with Crippen molar-refractivity contribution in [2.75, 3.05) is 0 Å². The fourth-order valence-electron chi connectivity index (χ4n) is 0.701. The second kappa shape index (κ2) is 3.95. The second-order valence-electron chi connectivity index (χ2n) is 2.10. The molecule has 0 aliphatic carbocycles. The quantitative estimate of drug-likeness (QED) is 0.527. The van der Waals surface area contributed by atoms with E-state index in [4.69, 9.17) is 0 Å². The maximum Gasteiger partial charge on any atom is 0.263 e. The molecule has 0 aliphatic rings. The van der Waals surface area contributed by atoms with Crippen LogP contribution in [0.2, 0.25) is 0 Å². The minimum atomic E-state index is -2.63. The third-order valence-electron chi connectivity index (χ3n) is 1.26. The lowest BCUT2D eigenvalue weighted by molar-refractivity contribution is 0.151. The van der Waals surface area contributed by atoms with Crippen LogP contribution in [0.4, 0.5) is 13.2 Å². The maximum atomic E-state index is 12.8. The highest BCUT2D eigenvalue weighted by molar-refractivity contribution is 14.1. The predicted molar refractivity (Wildman–Crippen MR) is 51.8 cm³/mol. The van der Waals surface area contributed by atoms with Crippen LogP contribution < -0.4 is 0 Å². The van der Waals surface area contributed by atoms with E-state index in [1.54, 1.807) is 22.6 Å². The molecule has 0 saturated carbocycles. The van der Waals surface area contributed by atoms with Crippen LogP contribution in [0.1, 0.15) is 12.0 Å². The van der Waals surface area contributed by atoms with Crippen molar-refractivity contribution >= 4 is 38.5 Å². The standard InChI is InChI=1S/C7H3BrF3I/c8-4-1-3(7(10)11)2-5(9)6(4)12/h1-2,7H. The van der Waals surface area contributed by atoms with Crippen LogP contribution in [0.3, 0.4) is 0 Å². The Bertz CT molecular complexity index is 278. The second-order valence-corrected chi connectivity index (χ2v) is 4.03. The normalized spacial score (nSPS) is 10.8. The first-order chi connectivity index (χ1) is 5.52. The van der Waals surface area contributed by atoms with Crippen LogP contribution in [-0.2, 0) is 0 Å². The van der Waals surface area contributed by atoms with E-state index in [1.165, 1.54) is 6.07 Å². The minimum absolute atomic E-state index is 0.306. The molecular formula is C7H3BrF3I. The first-order valence-electron chi connectivity index (χ1n) is 2.95. The molecule has 0 bridgehead atoms. The Morgan fingerprint density at radius 2 is 1.92 bits per heavy atom.